The monoisotopic (exact) mass is 207 g/mol. The third-order valence-corrected chi connectivity index (χ3v) is 3.34. The highest BCUT2D eigenvalue weighted by Gasteiger charge is 2.21. The van der Waals surface area contributed by atoms with Crippen molar-refractivity contribution >= 4 is 0 Å². The number of nitrogens with one attached hydrogen (secondary N) is 1. The Bertz CT molecular complexity index is 354. The zero-order valence-electron chi connectivity index (χ0n) is 9.44. The molecular weight excluding hydrogens is 189 g/mol. The Morgan fingerprint density at radius 1 is 1.13 bits per heavy atom. The van der Waals surface area contributed by atoms with Crippen molar-refractivity contribution in [3.8, 4) is 0 Å². The van der Waals surface area contributed by atoms with Crippen LogP contribution in [-0.4, -0.2) is 13.1 Å². The predicted octanol–water partition coefficient (Wildman–Crippen LogP) is 2.91. The van der Waals surface area contributed by atoms with Gasteiger partial charge in [0, 0.05) is 0 Å². The van der Waals surface area contributed by atoms with Gasteiger partial charge in [0.2, 0.25) is 0 Å². The van der Waals surface area contributed by atoms with Crippen LogP contribution in [0.1, 0.15) is 35.4 Å². The Hall–Kier alpha value is -0.890. The Balaban J connectivity index is 2.36. The van der Waals surface area contributed by atoms with Crippen LogP contribution in [0.15, 0.2) is 12.1 Å². The van der Waals surface area contributed by atoms with Crippen molar-refractivity contribution in [1.29, 1.82) is 0 Å². The lowest BCUT2D eigenvalue weighted by Gasteiger charge is -2.25. The minimum Gasteiger partial charge on any atom is -0.317 e. The highest BCUT2D eigenvalue weighted by Crippen LogP contribution is 2.31. The summed E-state index contributed by atoms with van der Waals surface area (Å²) in [4.78, 5) is 0. The zero-order valence-corrected chi connectivity index (χ0v) is 9.44. The van der Waals surface area contributed by atoms with E-state index >= 15 is 0 Å². The van der Waals surface area contributed by atoms with Crippen LogP contribution in [-0.2, 0) is 0 Å². The van der Waals surface area contributed by atoms with Gasteiger partial charge >= 0.3 is 0 Å². The molecule has 1 heterocycles. The first-order valence-corrected chi connectivity index (χ1v) is 5.66. The predicted molar refractivity (Wildman–Crippen MR) is 60.7 cm³/mol. The average Bonchev–Trinajstić information content (AvgIpc) is 2.26. The maximum absolute atomic E-state index is 14.0. The lowest BCUT2D eigenvalue weighted by molar-refractivity contribution is 0.442. The molecule has 15 heavy (non-hydrogen) atoms. The second-order valence-electron chi connectivity index (χ2n) is 4.45. The largest absolute Gasteiger partial charge is 0.317 e. The molecule has 2 heteroatoms. The van der Waals surface area contributed by atoms with E-state index in [-0.39, 0.29) is 5.82 Å². The molecular formula is C13H18FN. The maximum atomic E-state index is 14.0. The van der Waals surface area contributed by atoms with Gasteiger partial charge in [0.25, 0.3) is 0 Å². The van der Waals surface area contributed by atoms with E-state index in [9.17, 15) is 4.39 Å². The van der Waals surface area contributed by atoms with Crippen molar-refractivity contribution in [1.82, 2.24) is 5.32 Å². The van der Waals surface area contributed by atoms with E-state index in [4.69, 9.17) is 0 Å². The van der Waals surface area contributed by atoms with Gasteiger partial charge in [0.05, 0.1) is 0 Å². The van der Waals surface area contributed by atoms with Gasteiger partial charge in [-0.3, -0.25) is 0 Å². The van der Waals surface area contributed by atoms with Gasteiger partial charge in [-0.15, -0.1) is 0 Å². The van der Waals surface area contributed by atoms with Crippen molar-refractivity contribution in [3.63, 3.8) is 0 Å². The number of halogens is 1. The van der Waals surface area contributed by atoms with Crippen molar-refractivity contribution < 1.29 is 4.39 Å². The molecule has 0 atom stereocenters. The molecule has 1 aromatic rings. The van der Waals surface area contributed by atoms with E-state index in [2.05, 4.69) is 5.32 Å². The van der Waals surface area contributed by atoms with Gasteiger partial charge in [-0.1, -0.05) is 12.1 Å². The molecule has 0 aliphatic carbocycles. The fourth-order valence-corrected chi connectivity index (χ4v) is 2.41. The van der Waals surface area contributed by atoms with Crippen molar-refractivity contribution in [2.45, 2.75) is 32.6 Å². The maximum Gasteiger partial charge on any atom is 0.129 e. The first-order valence-electron chi connectivity index (χ1n) is 5.66. The van der Waals surface area contributed by atoms with Gasteiger partial charge in [-0.05, 0) is 62.4 Å². The molecule has 1 fully saturated rings. The Kier molecular flexibility index (Phi) is 3.06. The van der Waals surface area contributed by atoms with Gasteiger partial charge < -0.3 is 5.32 Å². The highest BCUT2D eigenvalue weighted by molar-refractivity contribution is 5.35. The number of hydrogen-bond donors (Lipinski definition) is 1. The fourth-order valence-electron chi connectivity index (χ4n) is 2.41. The summed E-state index contributed by atoms with van der Waals surface area (Å²) in [7, 11) is 0. The van der Waals surface area contributed by atoms with E-state index in [0.29, 0.717) is 5.92 Å². The molecule has 0 bridgehead atoms. The van der Waals surface area contributed by atoms with Gasteiger partial charge in [-0.25, -0.2) is 4.39 Å². The minimum absolute atomic E-state index is 0.0156. The van der Waals surface area contributed by atoms with Crippen LogP contribution in [0.3, 0.4) is 0 Å². The lowest BCUT2D eigenvalue weighted by atomic mass is 9.86. The summed E-state index contributed by atoms with van der Waals surface area (Å²) in [5.74, 6) is 0.424. The number of hydrogen-bond acceptors (Lipinski definition) is 1. The first-order chi connectivity index (χ1) is 7.20. The molecule has 1 N–H and O–H groups in total. The molecule has 0 aromatic heterocycles. The van der Waals surface area contributed by atoms with Crippen LogP contribution in [0, 0.1) is 19.7 Å². The molecule has 1 nitrogen and oxygen atoms in total. The SMILES string of the molecule is Cc1ccc(C)c(C2CCNCC2)c1F. The molecule has 0 saturated carbocycles. The molecule has 0 unspecified atom stereocenters. The van der Waals surface area contributed by atoms with Gasteiger partial charge in [-0.2, -0.15) is 0 Å². The molecule has 0 spiro atoms. The molecule has 1 aliphatic heterocycles. The second-order valence-corrected chi connectivity index (χ2v) is 4.45. The van der Waals surface area contributed by atoms with Gasteiger partial charge in [0.1, 0.15) is 5.82 Å². The lowest BCUT2D eigenvalue weighted by Crippen LogP contribution is -2.27. The molecule has 82 valence electrons. The molecule has 2 rings (SSSR count). The Labute approximate surface area is 90.7 Å². The summed E-state index contributed by atoms with van der Waals surface area (Å²) in [5, 5.41) is 3.32. The van der Waals surface area contributed by atoms with Crippen LogP contribution in [0.2, 0.25) is 0 Å². The summed E-state index contributed by atoms with van der Waals surface area (Å²) < 4.78 is 14.0. The fraction of sp³-hybridized carbons (Fsp3) is 0.538. The zero-order chi connectivity index (χ0) is 10.8. The van der Waals surface area contributed by atoms with Crippen LogP contribution < -0.4 is 5.32 Å². The number of benzene rings is 1. The summed E-state index contributed by atoms with van der Waals surface area (Å²) in [5.41, 5.74) is 2.83. The normalized spacial score (nSPS) is 18.1. The highest BCUT2D eigenvalue weighted by atomic mass is 19.1. The number of aryl methyl sites for hydroxylation is 2. The van der Waals surface area contributed by atoms with Crippen LogP contribution in [0.25, 0.3) is 0 Å². The molecule has 1 saturated heterocycles. The average molecular weight is 207 g/mol. The summed E-state index contributed by atoms with van der Waals surface area (Å²) >= 11 is 0. The summed E-state index contributed by atoms with van der Waals surface area (Å²) in [6, 6.07) is 3.91. The Morgan fingerprint density at radius 3 is 2.40 bits per heavy atom. The molecule has 0 radical (unpaired) electrons. The summed E-state index contributed by atoms with van der Waals surface area (Å²) in [6.45, 7) is 5.88. The topological polar surface area (TPSA) is 12.0 Å². The van der Waals surface area contributed by atoms with E-state index in [1.165, 1.54) is 0 Å². The van der Waals surface area contributed by atoms with E-state index in [0.717, 1.165) is 42.6 Å². The van der Waals surface area contributed by atoms with E-state index < -0.39 is 0 Å². The summed E-state index contributed by atoms with van der Waals surface area (Å²) in [6.07, 6.45) is 2.11. The van der Waals surface area contributed by atoms with Crippen LogP contribution >= 0.6 is 0 Å². The third kappa shape index (κ3) is 2.05. The van der Waals surface area contributed by atoms with E-state index in [1.807, 2.05) is 26.0 Å². The minimum atomic E-state index is 0.0156. The second kappa shape index (κ2) is 4.31. The van der Waals surface area contributed by atoms with Crippen molar-refractivity contribution in [2.75, 3.05) is 13.1 Å². The van der Waals surface area contributed by atoms with Crippen molar-refractivity contribution in [3.05, 3.63) is 34.6 Å². The quantitative estimate of drug-likeness (QED) is 0.746. The number of piperidine rings is 1. The van der Waals surface area contributed by atoms with Crippen LogP contribution in [0.5, 0.6) is 0 Å². The molecule has 1 aromatic carbocycles. The third-order valence-electron chi connectivity index (χ3n) is 3.34. The van der Waals surface area contributed by atoms with Gasteiger partial charge in [0.15, 0.2) is 0 Å². The standard InChI is InChI=1S/C13H18FN/c1-9-3-4-10(2)13(14)12(9)11-5-7-15-8-6-11/h3-4,11,15H,5-8H2,1-2H3. The van der Waals surface area contributed by atoms with E-state index in [1.54, 1.807) is 0 Å². The number of rotatable bonds is 1. The van der Waals surface area contributed by atoms with Crippen LogP contribution in [0.4, 0.5) is 4.39 Å². The molecule has 1 aliphatic rings. The van der Waals surface area contributed by atoms with Crippen molar-refractivity contribution in [2.24, 2.45) is 0 Å². The first kappa shape index (κ1) is 10.6. The Morgan fingerprint density at radius 2 is 1.73 bits per heavy atom. The smallest absolute Gasteiger partial charge is 0.129 e. The molecule has 0 amide bonds.